The van der Waals surface area contributed by atoms with Crippen LogP contribution in [0.4, 0.5) is 0 Å². The number of carbonyl (C=O) groups is 3. The second-order valence-corrected chi connectivity index (χ2v) is 4.76. The maximum atomic E-state index is 11.7. The molecule has 1 atom stereocenters. The van der Waals surface area contributed by atoms with Gasteiger partial charge in [-0.25, -0.2) is 9.59 Å². The first kappa shape index (κ1) is 15.0. The lowest BCUT2D eigenvalue weighted by Gasteiger charge is -2.14. The highest BCUT2D eigenvalue weighted by molar-refractivity contribution is 5.93. The maximum Gasteiger partial charge on any atom is 0.347 e. The SMILES string of the molecule is COC(=O)c1ccc(CC(C)=O)cc1OC1CCOC1=O. The summed E-state index contributed by atoms with van der Waals surface area (Å²) in [6.07, 6.45) is -0.0791. The standard InChI is InChI=1S/C15H16O6/c1-9(16)7-10-3-4-11(14(17)19-2)13(8-10)21-12-5-6-20-15(12)18/h3-4,8,12H,5-7H2,1-2H3. The van der Waals surface area contributed by atoms with Crippen LogP contribution in [0.5, 0.6) is 5.75 Å². The molecule has 1 heterocycles. The number of ketones is 1. The number of hydrogen-bond donors (Lipinski definition) is 0. The number of benzene rings is 1. The third kappa shape index (κ3) is 3.59. The topological polar surface area (TPSA) is 78.9 Å². The number of rotatable bonds is 5. The summed E-state index contributed by atoms with van der Waals surface area (Å²) >= 11 is 0. The van der Waals surface area contributed by atoms with E-state index in [4.69, 9.17) is 9.47 Å². The monoisotopic (exact) mass is 292 g/mol. The fraction of sp³-hybridized carbons (Fsp3) is 0.400. The third-order valence-corrected chi connectivity index (χ3v) is 3.06. The minimum absolute atomic E-state index is 0.00737. The Balaban J connectivity index is 2.30. The summed E-state index contributed by atoms with van der Waals surface area (Å²) in [5.74, 6) is -0.801. The quantitative estimate of drug-likeness (QED) is 0.761. The molecule has 0 bridgehead atoms. The fourth-order valence-electron chi connectivity index (χ4n) is 2.08. The number of cyclic esters (lactones) is 1. The van der Waals surface area contributed by atoms with E-state index in [1.807, 2.05) is 0 Å². The van der Waals surface area contributed by atoms with Gasteiger partial charge in [-0.3, -0.25) is 4.79 Å². The molecular weight excluding hydrogens is 276 g/mol. The molecule has 0 saturated carbocycles. The Hall–Kier alpha value is -2.37. The van der Waals surface area contributed by atoms with E-state index >= 15 is 0 Å². The van der Waals surface area contributed by atoms with Crippen molar-refractivity contribution >= 4 is 17.7 Å². The maximum absolute atomic E-state index is 11.7. The van der Waals surface area contributed by atoms with E-state index in [0.29, 0.717) is 18.6 Å². The van der Waals surface area contributed by atoms with Crippen LogP contribution in [0.1, 0.15) is 29.3 Å². The minimum Gasteiger partial charge on any atom is -0.478 e. The Morgan fingerprint density at radius 2 is 2.14 bits per heavy atom. The van der Waals surface area contributed by atoms with Crippen molar-refractivity contribution in [2.75, 3.05) is 13.7 Å². The molecule has 21 heavy (non-hydrogen) atoms. The summed E-state index contributed by atoms with van der Waals surface area (Å²) in [6.45, 7) is 1.77. The van der Waals surface area contributed by atoms with Gasteiger partial charge in [-0.05, 0) is 24.6 Å². The van der Waals surface area contributed by atoms with Crippen molar-refractivity contribution in [2.45, 2.75) is 25.9 Å². The lowest BCUT2D eigenvalue weighted by atomic mass is 10.1. The zero-order valence-corrected chi connectivity index (χ0v) is 11.9. The zero-order valence-electron chi connectivity index (χ0n) is 11.9. The van der Waals surface area contributed by atoms with E-state index in [2.05, 4.69) is 4.74 Å². The van der Waals surface area contributed by atoms with E-state index in [1.165, 1.54) is 20.1 Å². The summed E-state index contributed by atoms with van der Waals surface area (Å²) in [7, 11) is 1.26. The van der Waals surface area contributed by atoms with E-state index in [-0.39, 0.29) is 23.5 Å². The molecule has 0 aliphatic carbocycles. The van der Waals surface area contributed by atoms with Crippen molar-refractivity contribution in [3.05, 3.63) is 29.3 Å². The van der Waals surface area contributed by atoms with Crippen molar-refractivity contribution in [1.82, 2.24) is 0 Å². The van der Waals surface area contributed by atoms with Crippen LogP contribution in [0, 0.1) is 0 Å². The molecule has 1 aliphatic heterocycles. The number of carbonyl (C=O) groups excluding carboxylic acids is 3. The van der Waals surface area contributed by atoms with Gasteiger partial charge in [-0.2, -0.15) is 0 Å². The largest absolute Gasteiger partial charge is 0.478 e. The number of methoxy groups -OCH3 is 1. The molecule has 1 aromatic carbocycles. The van der Waals surface area contributed by atoms with Crippen LogP contribution in [0.2, 0.25) is 0 Å². The summed E-state index contributed by atoms with van der Waals surface area (Å²) < 4.78 is 15.1. The third-order valence-electron chi connectivity index (χ3n) is 3.06. The molecule has 1 unspecified atom stereocenters. The lowest BCUT2D eigenvalue weighted by molar-refractivity contribution is -0.143. The highest BCUT2D eigenvalue weighted by Gasteiger charge is 2.30. The Morgan fingerprint density at radius 3 is 2.71 bits per heavy atom. The highest BCUT2D eigenvalue weighted by Crippen LogP contribution is 2.25. The van der Waals surface area contributed by atoms with E-state index in [9.17, 15) is 14.4 Å². The van der Waals surface area contributed by atoms with Crippen LogP contribution in [-0.2, 0) is 25.5 Å². The van der Waals surface area contributed by atoms with Crippen LogP contribution in [0.3, 0.4) is 0 Å². The average Bonchev–Trinajstić information content (AvgIpc) is 2.83. The lowest BCUT2D eigenvalue weighted by Crippen LogP contribution is -2.23. The van der Waals surface area contributed by atoms with Gasteiger partial charge in [-0.15, -0.1) is 0 Å². The number of hydrogen-bond acceptors (Lipinski definition) is 6. The molecule has 0 amide bonds. The molecule has 6 heteroatoms. The first-order chi connectivity index (χ1) is 10.0. The molecule has 112 valence electrons. The first-order valence-electron chi connectivity index (χ1n) is 6.55. The fourth-order valence-corrected chi connectivity index (χ4v) is 2.08. The van der Waals surface area contributed by atoms with Crippen molar-refractivity contribution in [2.24, 2.45) is 0 Å². The van der Waals surface area contributed by atoms with Crippen molar-refractivity contribution in [3.8, 4) is 5.75 Å². The van der Waals surface area contributed by atoms with Gasteiger partial charge in [0.2, 0.25) is 0 Å². The number of esters is 2. The number of ether oxygens (including phenoxy) is 3. The van der Waals surface area contributed by atoms with Crippen LogP contribution in [0.25, 0.3) is 0 Å². The van der Waals surface area contributed by atoms with Gasteiger partial charge in [0.1, 0.15) is 17.1 Å². The molecule has 1 aliphatic rings. The summed E-state index contributed by atoms with van der Waals surface area (Å²) in [5.41, 5.74) is 0.918. The van der Waals surface area contributed by atoms with Gasteiger partial charge in [0.15, 0.2) is 6.10 Å². The normalized spacial score (nSPS) is 17.2. The van der Waals surface area contributed by atoms with Crippen molar-refractivity contribution in [1.29, 1.82) is 0 Å². The second kappa shape index (κ2) is 6.39. The van der Waals surface area contributed by atoms with Gasteiger partial charge in [0.05, 0.1) is 13.7 Å². The molecule has 1 saturated heterocycles. The Kier molecular flexibility index (Phi) is 4.57. The second-order valence-electron chi connectivity index (χ2n) is 4.76. The van der Waals surface area contributed by atoms with Crippen LogP contribution in [0.15, 0.2) is 18.2 Å². The molecule has 1 aromatic rings. The molecule has 0 N–H and O–H groups in total. The zero-order chi connectivity index (χ0) is 15.4. The van der Waals surface area contributed by atoms with Crippen LogP contribution >= 0.6 is 0 Å². The minimum atomic E-state index is -0.735. The molecule has 1 fully saturated rings. The van der Waals surface area contributed by atoms with Gasteiger partial charge < -0.3 is 14.2 Å². The van der Waals surface area contributed by atoms with Gasteiger partial charge in [-0.1, -0.05) is 6.07 Å². The summed E-state index contributed by atoms with van der Waals surface area (Å²) in [6, 6.07) is 4.77. The predicted octanol–water partition coefficient (Wildman–Crippen LogP) is 1.30. The molecular formula is C15H16O6. The average molecular weight is 292 g/mol. The van der Waals surface area contributed by atoms with Gasteiger partial charge in [0, 0.05) is 12.8 Å². The van der Waals surface area contributed by atoms with Crippen LogP contribution < -0.4 is 4.74 Å². The van der Waals surface area contributed by atoms with Gasteiger partial charge in [0.25, 0.3) is 0 Å². The van der Waals surface area contributed by atoms with Crippen molar-refractivity contribution in [3.63, 3.8) is 0 Å². The smallest absolute Gasteiger partial charge is 0.347 e. The molecule has 0 spiro atoms. The first-order valence-corrected chi connectivity index (χ1v) is 6.55. The summed E-state index contributed by atoms with van der Waals surface area (Å²) in [5, 5.41) is 0. The Bertz CT molecular complexity index is 578. The van der Waals surface area contributed by atoms with E-state index in [0.717, 1.165) is 0 Å². The number of Topliss-reactive ketones (excluding diaryl/α,β-unsaturated/α-hetero) is 1. The van der Waals surface area contributed by atoms with Crippen LogP contribution in [-0.4, -0.2) is 37.5 Å². The highest BCUT2D eigenvalue weighted by atomic mass is 16.6. The predicted molar refractivity (Wildman–Crippen MR) is 72.2 cm³/mol. The van der Waals surface area contributed by atoms with E-state index in [1.54, 1.807) is 12.1 Å². The van der Waals surface area contributed by atoms with E-state index < -0.39 is 18.0 Å². The molecule has 6 nitrogen and oxygen atoms in total. The Morgan fingerprint density at radius 1 is 1.38 bits per heavy atom. The molecule has 0 aromatic heterocycles. The molecule has 2 rings (SSSR count). The van der Waals surface area contributed by atoms with Crippen molar-refractivity contribution < 1.29 is 28.6 Å². The Labute approximate surface area is 122 Å². The summed E-state index contributed by atoms with van der Waals surface area (Å²) in [4.78, 5) is 34.4. The molecule has 0 radical (unpaired) electrons. The van der Waals surface area contributed by atoms with Gasteiger partial charge >= 0.3 is 11.9 Å².